The molecule has 2 N–H and O–H groups in total. The highest BCUT2D eigenvalue weighted by Gasteiger charge is 2.30. The molecule has 1 aliphatic heterocycles. The third-order valence-electron chi connectivity index (χ3n) is 2.89. The van der Waals surface area contributed by atoms with E-state index >= 15 is 0 Å². The van der Waals surface area contributed by atoms with Gasteiger partial charge in [-0.15, -0.1) is 0 Å². The lowest BCUT2D eigenvalue weighted by Gasteiger charge is -2.17. The Morgan fingerprint density at radius 1 is 1.19 bits per heavy atom. The van der Waals surface area contributed by atoms with Crippen LogP contribution in [0.1, 0.15) is 19.3 Å². The molecule has 0 radical (unpaired) electrons. The Kier molecular flexibility index (Phi) is 3.17. The van der Waals surface area contributed by atoms with Gasteiger partial charge < -0.3 is 20.3 Å². The minimum absolute atomic E-state index is 0.0115. The first-order valence-corrected chi connectivity index (χ1v) is 5.59. The molecule has 0 aromatic heterocycles. The number of carbonyl (C=O) groups excluding carboxylic acids is 2. The summed E-state index contributed by atoms with van der Waals surface area (Å²) in [5.74, 6) is 0. The molecule has 1 heterocycles. The van der Waals surface area contributed by atoms with Crippen LogP contribution in [0.2, 0.25) is 0 Å². The van der Waals surface area contributed by atoms with Crippen molar-refractivity contribution in [3.63, 3.8) is 0 Å². The van der Waals surface area contributed by atoms with Crippen molar-refractivity contribution in [1.29, 1.82) is 0 Å². The molecule has 1 unspecified atom stereocenters. The molecule has 90 valence electrons. The number of methoxy groups -OCH3 is 1. The van der Waals surface area contributed by atoms with E-state index in [2.05, 4.69) is 15.4 Å². The average molecular weight is 227 g/mol. The van der Waals surface area contributed by atoms with Crippen LogP contribution in [-0.2, 0) is 4.74 Å². The molecule has 0 aromatic rings. The predicted molar refractivity (Wildman–Crippen MR) is 57.1 cm³/mol. The summed E-state index contributed by atoms with van der Waals surface area (Å²) in [4.78, 5) is 24.4. The molecule has 6 nitrogen and oxygen atoms in total. The zero-order valence-electron chi connectivity index (χ0n) is 9.36. The standard InChI is InChI=1S/C10H17N3O3/c1-16-10(15)12-8-4-5-13(6-8)9(14)11-7-2-3-7/h7-8H,2-6H2,1H3,(H,11,14)(H,12,15). The third-order valence-corrected chi connectivity index (χ3v) is 2.89. The van der Waals surface area contributed by atoms with Crippen LogP contribution in [0, 0.1) is 0 Å². The van der Waals surface area contributed by atoms with Crippen LogP contribution < -0.4 is 10.6 Å². The van der Waals surface area contributed by atoms with E-state index in [0.717, 1.165) is 19.3 Å². The highest BCUT2D eigenvalue weighted by Crippen LogP contribution is 2.19. The van der Waals surface area contributed by atoms with Crippen molar-refractivity contribution in [3.8, 4) is 0 Å². The molecule has 1 aliphatic carbocycles. The maximum Gasteiger partial charge on any atom is 0.407 e. The van der Waals surface area contributed by atoms with E-state index < -0.39 is 6.09 Å². The maximum absolute atomic E-state index is 11.7. The van der Waals surface area contributed by atoms with Crippen LogP contribution in [0.5, 0.6) is 0 Å². The number of ether oxygens (including phenoxy) is 1. The van der Waals surface area contributed by atoms with Gasteiger partial charge in [-0.1, -0.05) is 0 Å². The normalized spacial score (nSPS) is 24.1. The summed E-state index contributed by atoms with van der Waals surface area (Å²) in [6.07, 6.45) is 2.52. The number of urea groups is 1. The summed E-state index contributed by atoms with van der Waals surface area (Å²) < 4.78 is 4.51. The van der Waals surface area contributed by atoms with Gasteiger partial charge in [0.25, 0.3) is 0 Å². The van der Waals surface area contributed by atoms with E-state index in [0.29, 0.717) is 19.1 Å². The lowest BCUT2D eigenvalue weighted by Crippen LogP contribution is -2.42. The van der Waals surface area contributed by atoms with Crippen molar-refractivity contribution in [2.24, 2.45) is 0 Å². The van der Waals surface area contributed by atoms with Crippen molar-refractivity contribution >= 4 is 12.1 Å². The molecule has 2 aliphatic rings. The Hall–Kier alpha value is -1.46. The summed E-state index contributed by atoms with van der Waals surface area (Å²) in [5.41, 5.74) is 0. The second-order valence-electron chi connectivity index (χ2n) is 4.29. The zero-order chi connectivity index (χ0) is 11.5. The molecule has 3 amide bonds. The van der Waals surface area contributed by atoms with Gasteiger partial charge in [-0.25, -0.2) is 9.59 Å². The maximum atomic E-state index is 11.7. The van der Waals surface area contributed by atoms with Crippen molar-refractivity contribution in [2.45, 2.75) is 31.3 Å². The Morgan fingerprint density at radius 3 is 2.56 bits per heavy atom. The van der Waals surface area contributed by atoms with Gasteiger partial charge in [-0.05, 0) is 19.3 Å². The largest absolute Gasteiger partial charge is 0.453 e. The van der Waals surface area contributed by atoms with Gasteiger partial charge in [0.1, 0.15) is 0 Å². The molecule has 1 atom stereocenters. The number of alkyl carbamates (subject to hydrolysis) is 1. The molecule has 0 bridgehead atoms. The molecule has 1 saturated carbocycles. The molecule has 2 fully saturated rings. The van der Waals surface area contributed by atoms with Crippen LogP contribution in [0.3, 0.4) is 0 Å². The fraction of sp³-hybridized carbons (Fsp3) is 0.800. The van der Waals surface area contributed by atoms with Gasteiger partial charge in [0.05, 0.1) is 13.2 Å². The average Bonchev–Trinajstić information content (AvgIpc) is 2.95. The van der Waals surface area contributed by atoms with Gasteiger partial charge in [-0.2, -0.15) is 0 Å². The van der Waals surface area contributed by atoms with Gasteiger partial charge >= 0.3 is 12.1 Å². The smallest absolute Gasteiger partial charge is 0.407 e. The van der Waals surface area contributed by atoms with Gasteiger partial charge in [0.2, 0.25) is 0 Å². The number of likely N-dealkylation sites (tertiary alicyclic amines) is 1. The highest BCUT2D eigenvalue weighted by atomic mass is 16.5. The summed E-state index contributed by atoms with van der Waals surface area (Å²) in [5, 5.41) is 5.63. The minimum Gasteiger partial charge on any atom is -0.453 e. The number of hydrogen-bond donors (Lipinski definition) is 2. The lowest BCUT2D eigenvalue weighted by atomic mass is 10.3. The van der Waals surface area contributed by atoms with E-state index in [1.165, 1.54) is 7.11 Å². The molecule has 0 aromatic carbocycles. The lowest BCUT2D eigenvalue weighted by molar-refractivity contribution is 0.166. The van der Waals surface area contributed by atoms with Crippen molar-refractivity contribution in [3.05, 3.63) is 0 Å². The Morgan fingerprint density at radius 2 is 1.94 bits per heavy atom. The summed E-state index contributed by atoms with van der Waals surface area (Å²) in [7, 11) is 1.34. The van der Waals surface area contributed by atoms with E-state index in [1.807, 2.05) is 0 Å². The molecule has 6 heteroatoms. The van der Waals surface area contributed by atoms with Crippen LogP contribution in [0.4, 0.5) is 9.59 Å². The van der Waals surface area contributed by atoms with Crippen LogP contribution in [0.15, 0.2) is 0 Å². The molecule has 2 rings (SSSR count). The van der Waals surface area contributed by atoms with E-state index in [1.54, 1.807) is 4.90 Å². The first-order chi connectivity index (χ1) is 7.69. The van der Waals surface area contributed by atoms with Gasteiger partial charge in [-0.3, -0.25) is 0 Å². The van der Waals surface area contributed by atoms with Crippen molar-refractivity contribution in [2.75, 3.05) is 20.2 Å². The summed E-state index contributed by atoms with van der Waals surface area (Å²) >= 11 is 0. The van der Waals surface area contributed by atoms with E-state index in [9.17, 15) is 9.59 Å². The van der Waals surface area contributed by atoms with Crippen molar-refractivity contribution < 1.29 is 14.3 Å². The van der Waals surface area contributed by atoms with Crippen LogP contribution in [-0.4, -0.2) is 49.3 Å². The van der Waals surface area contributed by atoms with Crippen LogP contribution in [0.25, 0.3) is 0 Å². The molecular formula is C10H17N3O3. The fourth-order valence-corrected chi connectivity index (χ4v) is 1.78. The fourth-order valence-electron chi connectivity index (χ4n) is 1.78. The number of nitrogens with zero attached hydrogens (tertiary/aromatic N) is 1. The molecule has 0 spiro atoms. The zero-order valence-corrected chi connectivity index (χ0v) is 9.36. The second-order valence-corrected chi connectivity index (χ2v) is 4.29. The van der Waals surface area contributed by atoms with Gasteiger partial charge in [0, 0.05) is 19.1 Å². The highest BCUT2D eigenvalue weighted by molar-refractivity contribution is 5.75. The topological polar surface area (TPSA) is 70.7 Å². The van der Waals surface area contributed by atoms with Crippen LogP contribution >= 0.6 is 0 Å². The predicted octanol–water partition coefficient (Wildman–Crippen LogP) is 0.289. The monoisotopic (exact) mass is 227 g/mol. The summed E-state index contributed by atoms with van der Waals surface area (Å²) in [6.45, 7) is 1.25. The first-order valence-electron chi connectivity index (χ1n) is 5.59. The number of carbonyl (C=O) groups is 2. The van der Waals surface area contributed by atoms with E-state index in [4.69, 9.17) is 0 Å². The number of nitrogens with one attached hydrogen (secondary N) is 2. The molecule has 16 heavy (non-hydrogen) atoms. The SMILES string of the molecule is COC(=O)NC1CCN(C(=O)NC2CC2)C1. The number of hydrogen-bond acceptors (Lipinski definition) is 3. The Bertz CT molecular complexity index is 291. The number of amides is 3. The number of rotatable bonds is 2. The van der Waals surface area contributed by atoms with Gasteiger partial charge in [0.15, 0.2) is 0 Å². The van der Waals surface area contributed by atoms with E-state index in [-0.39, 0.29) is 12.1 Å². The summed E-state index contributed by atoms with van der Waals surface area (Å²) in [6, 6.07) is 0.370. The second kappa shape index (κ2) is 4.59. The first kappa shape index (κ1) is 11.0. The molecular weight excluding hydrogens is 210 g/mol. The Balaban J connectivity index is 1.73. The third kappa shape index (κ3) is 2.77. The Labute approximate surface area is 94.3 Å². The quantitative estimate of drug-likeness (QED) is 0.712. The van der Waals surface area contributed by atoms with Crippen molar-refractivity contribution in [1.82, 2.24) is 15.5 Å². The molecule has 1 saturated heterocycles. The minimum atomic E-state index is -0.436.